The average molecular weight is 373 g/mol. The van der Waals surface area contributed by atoms with Crippen LogP contribution in [-0.2, 0) is 27.4 Å². The molecule has 1 aliphatic heterocycles. The van der Waals surface area contributed by atoms with E-state index < -0.39 is 17.5 Å². The Morgan fingerprint density at radius 3 is 2.74 bits per heavy atom. The number of rotatable bonds is 5. The lowest BCUT2D eigenvalue weighted by atomic mass is 10.00. The molecule has 0 bridgehead atoms. The Morgan fingerprint density at radius 1 is 1.19 bits per heavy atom. The largest absolute Gasteiger partial charge is 0.386 e. The summed E-state index contributed by atoms with van der Waals surface area (Å²) in [5.74, 6) is -2.66. The smallest absolute Gasteiger partial charge is 0.270 e. The van der Waals surface area contributed by atoms with Gasteiger partial charge in [0.1, 0.15) is 17.8 Å². The lowest BCUT2D eigenvalue weighted by Gasteiger charge is -2.28. The van der Waals surface area contributed by atoms with Crippen LogP contribution >= 0.6 is 0 Å². The summed E-state index contributed by atoms with van der Waals surface area (Å²) in [7, 11) is 0. The molecule has 8 heteroatoms. The first-order chi connectivity index (χ1) is 13.0. The molecule has 1 heterocycles. The fourth-order valence-electron chi connectivity index (χ4n) is 2.73. The average Bonchev–Trinajstić information content (AvgIpc) is 2.67. The van der Waals surface area contributed by atoms with Gasteiger partial charge in [-0.2, -0.15) is 0 Å². The minimum atomic E-state index is -0.904. The van der Waals surface area contributed by atoms with Crippen LogP contribution in [-0.4, -0.2) is 36.1 Å². The maximum Gasteiger partial charge on any atom is 0.270 e. The summed E-state index contributed by atoms with van der Waals surface area (Å²) in [5.41, 5.74) is 2.14. The molecule has 0 saturated heterocycles. The first kappa shape index (κ1) is 18.5. The Balaban J connectivity index is 1.45. The van der Waals surface area contributed by atoms with Gasteiger partial charge in [-0.25, -0.2) is 8.78 Å². The first-order valence-corrected chi connectivity index (χ1v) is 8.29. The van der Waals surface area contributed by atoms with Crippen LogP contribution in [0, 0.1) is 11.6 Å². The quantitative estimate of drug-likeness (QED) is 0.647. The van der Waals surface area contributed by atoms with Crippen molar-refractivity contribution in [2.24, 2.45) is 5.16 Å². The Hall–Kier alpha value is -3.29. The number of fused-ring (bicyclic) bond motifs is 1. The summed E-state index contributed by atoms with van der Waals surface area (Å²) < 4.78 is 26.2. The molecule has 0 fully saturated rings. The summed E-state index contributed by atoms with van der Waals surface area (Å²) >= 11 is 0. The molecule has 2 aromatic carbocycles. The van der Waals surface area contributed by atoms with Gasteiger partial charge in [-0.3, -0.25) is 9.59 Å². The molecule has 0 atom stereocenters. The zero-order valence-corrected chi connectivity index (χ0v) is 14.3. The number of anilines is 1. The van der Waals surface area contributed by atoms with E-state index in [1.807, 2.05) is 24.3 Å². The van der Waals surface area contributed by atoms with Crippen LogP contribution in [0.5, 0.6) is 0 Å². The lowest BCUT2D eigenvalue weighted by molar-refractivity contribution is -0.137. The van der Waals surface area contributed by atoms with Crippen molar-refractivity contribution in [1.29, 1.82) is 0 Å². The van der Waals surface area contributed by atoms with Crippen molar-refractivity contribution in [2.45, 2.75) is 13.0 Å². The molecule has 2 amide bonds. The number of nitrogens with one attached hydrogen (secondary N) is 1. The van der Waals surface area contributed by atoms with Gasteiger partial charge in [0.25, 0.3) is 11.8 Å². The standard InChI is InChI=1S/C19H17F2N3O3/c20-15-5-6-17(16(21)9-15)23-18(25)10-22-27-12-19(26)24-8-7-13-3-1-2-4-14(13)11-24/h1-6,9-10H,7-8,11-12H2,(H,23,25). The van der Waals surface area contributed by atoms with E-state index in [-0.39, 0.29) is 18.2 Å². The van der Waals surface area contributed by atoms with E-state index in [0.717, 1.165) is 30.3 Å². The molecule has 1 aliphatic rings. The molecular weight excluding hydrogens is 356 g/mol. The Kier molecular flexibility index (Phi) is 5.75. The summed E-state index contributed by atoms with van der Waals surface area (Å²) in [4.78, 5) is 30.3. The number of oxime groups is 1. The third-order valence-electron chi connectivity index (χ3n) is 4.10. The molecule has 0 aromatic heterocycles. The molecule has 0 radical (unpaired) electrons. The van der Waals surface area contributed by atoms with E-state index in [1.54, 1.807) is 4.90 Å². The minimum absolute atomic E-state index is 0.184. The van der Waals surface area contributed by atoms with Crippen molar-refractivity contribution in [1.82, 2.24) is 4.90 Å². The highest BCUT2D eigenvalue weighted by Crippen LogP contribution is 2.18. The van der Waals surface area contributed by atoms with Gasteiger partial charge in [0.05, 0.1) is 5.69 Å². The molecule has 2 aromatic rings. The number of carbonyl (C=O) groups excluding carboxylic acids is 2. The molecule has 3 rings (SSSR count). The molecule has 6 nitrogen and oxygen atoms in total. The van der Waals surface area contributed by atoms with Crippen molar-refractivity contribution in [3.63, 3.8) is 0 Å². The number of carbonyl (C=O) groups is 2. The minimum Gasteiger partial charge on any atom is -0.386 e. The number of halogens is 2. The number of hydrogen-bond acceptors (Lipinski definition) is 4. The monoisotopic (exact) mass is 373 g/mol. The molecule has 0 aliphatic carbocycles. The number of amides is 2. The molecule has 1 N–H and O–H groups in total. The van der Waals surface area contributed by atoms with E-state index in [4.69, 9.17) is 4.84 Å². The normalized spacial score (nSPS) is 13.3. The van der Waals surface area contributed by atoms with Gasteiger partial charge in [-0.15, -0.1) is 0 Å². The Morgan fingerprint density at radius 2 is 1.96 bits per heavy atom. The maximum atomic E-state index is 13.4. The maximum absolute atomic E-state index is 13.4. The van der Waals surface area contributed by atoms with Crippen LogP contribution in [0.15, 0.2) is 47.6 Å². The van der Waals surface area contributed by atoms with Crippen molar-refractivity contribution in [3.8, 4) is 0 Å². The highest BCUT2D eigenvalue weighted by Gasteiger charge is 2.20. The van der Waals surface area contributed by atoms with Gasteiger partial charge in [0.2, 0.25) is 0 Å². The third kappa shape index (κ3) is 4.87. The molecule has 0 saturated carbocycles. The second-order valence-corrected chi connectivity index (χ2v) is 5.96. The zero-order chi connectivity index (χ0) is 19.2. The number of benzene rings is 2. The summed E-state index contributed by atoms with van der Waals surface area (Å²) in [6.45, 7) is 0.788. The van der Waals surface area contributed by atoms with Crippen LogP contribution in [0.2, 0.25) is 0 Å². The summed E-state index contributed by atoms with van der Waals surface area (Å²) in [5, 5.41) is 5.61. The second-order valence-electron chi connectivity index (χ2n) is 5.96. The van der Waals surface area contributed by atoms with Gasteiger partial charge < -0.3 is 15.1 Å². The topological polar surface area (TPSA) is 71.0 Å². The Bertz CT molecular complexity index is 886. The summed E-state index contributed by atoms with van der Waals surface area (Å²) in [6, 6.07) is 10.7. The van der Waals surface area contributed by atoms with Crippen molar-refractivity contribution in [2.75, 3.05) is 18.5 Å². The molecule has 0 unspecified atom stereocenters. The predicted molar refractivity (Wildman–Crippen MR) is 95.0 cm³/mol. The van der Waals surface area contributed by atoms with Crippen molar-refractivity contribution < 1.29 is 23.2 Å². The van der Waals surface area contributed by atoms with Gasteiger partial charge >= 0.3 is 0 Å². The highest BCUT2D eigenvalue weighted by molar-refractivity contribution is 6.31. The van der Waals surface area contributed by atoms with E-state index in [2.05, 4.69) is 10.5 Å². The molecule has 0 spiro atoms. The van der Waals surface area contributed by atoms with Crippen LogP contribution in [0.4, 0.5) is 14.5 Å². The van der Waals surface area contributed by atoms with Crippen molar-refractivity contribution >= 4 is 23.7 Å². The SMILES string of the molecule is O=C(C=NOCC(=O)N1CCc2ccccc2C1)Nc1ccc(F)cc1F. The third-order valence-corrected chi connectivity index (χ3v) is 4.10. The number of nitrogens with zero attached hydrogens (tertiary/aromatic N) is 2. The second kappa shape index (κ2) is 8.39. The Labute approximate surface area is 154 Å². The van der Waals surface area contributed by atoms with Gasteiger partial charge in [0, 0.05) is 19.2 Å². The lowest BCUT2D eigenvalue weighted by Crippen LogP contribution is -2.37. The van der Waals surface area contributed by atoms with E-state index in [0.29, 0.717) is 19.2 Å². The van der Waals surface area contributed by atoms with E-state index in [1.165, 1.54) is 5.56 Å². The van der Waals surface area contributed by atoms with Crippen LogP contribution in [0.25, 0.3) is 0 Å². The molecular formula is C19H17F2N3O3. The fourth-order valence-corrected chi connectivity index (χ4v) is 2.73. The van der Waals surface area contributed by atoms with Crippen molar-refractivity contribution in [3.05, 3.63) is 65.2 Å². The zero-order valence-electron chi connectivity index (χ0n) is 14.3. The molecule has 140 valence electrons. The molecule has 27 heavy (non-hydrogen) atoms. The van der Waals surface area contributed by atoms with Crippen LogP contribution in [0.3, 0.4) is 0 Å². The summed E-state index contributed by atoms with van der Waals surface area (Å²) in [6.07, 6.45) is 1.55. The fraction of sp³-hybridized carbons (Fsp3) is 0.211. The highest BCUT2D eigenvalue weighted by atomic mass is 19.1. The first-order valence-electron chi connectivity index (χ1n) is 8.29. The van der Waals surface area contributed by atoms with E-state index in [9.17, 15) is 18.4 Å². The van der Waals surface area contributed by atoms with Crippen LogP contribution in [0.1, 0.15) is 11.1 Å². The van der Waals surface area contributed by atoms with Gasteiger partial charge in [-0.05, 0) is 29.7 Å². The van der Waals surface area contributed by atoms with Gasteiger partial charge in [-0.1, -0.05) is 29.4 Å². The number of hydrogen-bond donors (Lipinski definition) is 1. The predicted octanol–water partition coefficient (Wildman–Crippen LogP) is 2.49. The van der Waals surface area contributed by atoms with E-state index >= 15 is 0 Å². The van der Waals surface area contributed by atoms with Gasteiger partial charge in [0.15, 0.2) is 6.61 Å². The van der Waals surface area contributed by atoms with Crippen LogP contribution < -0.4 is 5.32 Å².